The topological polar surface area (TPSA) is 60.2 Å². The van der Waals surface area contributed by atoms with Gasteiger partial charge in [0.2, 0.25) is 0 Å². The standard InChI is InChI=1S/C18H15ClFN3O2/c1-9-16(10(2)25-23-9)13-8-21-18(17-12(13)5-6-24-17)22-11-3-4-15(20)14(19)7-11/h3-4,7-8H,5-6H2,1-2H3,(H,21,22). The number of aromatic nitrogens is 2. The third-order valence-electron chi connectivity index (χ3n) is 4.22. The van der Waals surface area contributed by atoms with Crippen LogP contribution in [0.5, 0.6) is 5.75 Å². The highest BCUT2D eigenvalue weighted by atomic mass is 35.5. The van der Waals surface area contributed by atoms with E-state index in [4.69, 9.17) is 20.9 Å². The van der Waals surface area contributed by atoms with E-state index in [9.17, 15) is 4.39 Å². The van der Waals surface area contributed by atoms with Crippen molar-refractivity contribution in [1.82, 2.24) is 10.1 Å². The van der Waals surface area contributed by atoms with E-state index in [0.717, 1.165) is 34.6 Å². The molecule has 0 saturated heterocycles. The molecule has 1 N–H and O–H groups in total. The molecule has 7 heteroatoms. The van der Waals surface area contributed by atoms with Gasteiger partial charge >= 0.3 is 0 Å². The maximum atomic E-state index is 13.3. The molecule has 1 aliphatic heterocycles. The summed E-state index contributed by atoms with van der Waals surface area (Å²) in [5.41, 5.74) is 4.43. The van der Waals surface area contributed by atoms with Gasteiger partial charge in [-0.2, -0.15) is 0 Å². The molecule has 1 aliphatic rings. The molecule has 0 saturated carbocycles. The molecular formula is C18H15ClFN3O2. The number of ether oxygens (including phenoxy) is 1. The number of pyridine rings is 1. The van der Waals surface area contributed by atoms with Crippen LogP contribution in [0.25, 0.3) is 11.1 Å². The second kappa shape index (κ2) is 6.04. The fourth-order valence-electron chi connectivity index (χ4n) is 3.07. The number of hydrogen-bond acceptors (Lipinski definition) is 5. The van der Waals surface area contributed by atoms with Gasteiger partial charge in [-0.15, -0.1) is 0 Å². The Morgan fingerprint density at radius 2 is 2.12 bits per heavy atom. The highest BCUT2D eigenvalue weighted by Gasteiger charge is 2.25. The van der Waals surface area contributed by atoms with Crippen molar-refractivity contribution in [3.8, 4) is 16.9 Å². The van der Waals surface area contributed by atoms with E-state index in [1.165, 1.54) is 12.1 Å². The summed E-state index contributed by atoms with van der Waals surface area (Å²) < 4.78 is 24.4. The Kier molecular flexibility index (Phi) is 3.84. The van der Waals surface area contributed by atoms with Crippen molar-refractivity contribution in [2.75, 3.05) is 11.9 Å². The Bertz CT molecular complexity index is 952. The highest BCUT2D eigenvalue weighted by Crippen LogP contribution is 2.41. The summed E-state index contributed by atoms with van der Waals surface area (Å²) >= 11 is 5.84. The summed E-state index contributed by atoms with van der Waals surface area (Å²) in [6.07, 6.45) is 2.56. The minimum atomic E-state index is -0.463. The fraction of sp³-hybridized carbons (Fsp3) is 0.222. The number of halogens is 2. The van der Waals surface area contributed by atoms with E-state index in [1.807, 2.05) is 13.8 Å². The van der Waals surface area contributed by atoms with Crippen LogP contribution in [-0.4, -0.2) is 16.7 Å². The van der Waals surface area contributed by atoms with Gasteiger partial charge in [-0.25, -0.2) is 9.37 Å². The molecule has 0 fully saturated rings. The number of aryl methyl sites for hydroxylation is 2. The molecule has 0 atom stereocenters. The van der Waals surface area contributed by atoms with Crippen LogP contribution >= 0.6 is 11.6 Å². The van der Waals surface area contributed by atoms with Crippen LogP contribution in [0.1, 0.15) is 17.0 Å². The predicted octanol–water partition coefficient (Wildman–Crippen LogP) is 4.82. The van der Waals surface area contributed by atoms with Crippen LogP contribution in [0.15, 0.2) is 28.9 Å². The number of anilines is 2. The second-order valence-corrected chi connectivity index (χ2v) is 6.29. The molecule has 3 heterocycles. The zero-order valence-corrected chi connectivity index (χ0v) is 14.4. The summed E-state index contributed by atoms with van der Waals surface area (Å²) in [6.45, 7) is 4.36. The Labute approximate surface area is 148 Å². The molecule has 0 amide bonds. The summed E-state index contributed by atoms with van der Waals surface area (Å²) in [6, 6.07) is 4.43. The monoisotopic (exact) mass is 359 g/mol. The molecule has 1 aromatic carbocycles. The number of benzene rings is 1. The third-order valence-corrected chi connectivity index (χ3v) is 4.51. The lowest BCUT2D eigenvalue weighted by Gasteiger charge is -2.13. The first-order valence-electron chi connectivity index (χ1n) is 7.84. The minimum absolute atomic E-state index is 0.0508. The van der Waals surface area contributed by atoms with Crippen molar-refractivity contribution in [3.63, 3.8) is 0 Å². The first-order chi connectivity index (χ1) is 12.0. The van der Waals surface area contributed by atoms with Crippen LogP contribution in [0.2, 0.25) is 5.02 Å². The number of hydrogen-bond donors (Lipinski definition) is 1. The van der Waals surface area contributed by atoms with Gasteiger partial charge in [0.05, 0.1) is 17.3 Å². The second-order valence-electron chi connectivity index (χ2n) is 5.88. The Morgan fingerprint density at radius 3 is 2.84 bits per heavy atom. The average molecular weight is 360 g/mol. The maximum Gasteiger partial charge on any atom is 0.173 e. The number of nitrogens with zero attached hydrogens (tertiary/aromatic N) is 2. The summed E-state index contributed by atoms with van der Waals surface area (Å²) in [4.78, 5) is 4.49. The smallest absolute Gasteiger partial charge is 0.173 e. The molecule has 2 aromatic heterocycles. The van der Waals surface area contributed by atoms with E-state index < -0.39 is 5.82 Å². The Morgan fingerprint density at radius 1 is 1.28 bits per heavy atom. The highest BCUT2D eigenvalue weighted by molar-refractivity contribution is 6.31. The quantitative estimate of drug-likeness (QED) is 0.726. The molecule has 128 valence electrons. The minimum Gasteiger partial charge on any atom is -0.489 e. The lowest BCUT2D eigenvalue weighted by Crippen LogP contribution is -1.99. The lowest BCUT2D eigenvalue weighted by atomic mass is 9.99. The van der Waals surface area contributed by atoms with Gasteiger partial charge in [0, 0.05) is 35.0 Å². The number of rotatable bonds is 3. The Hall–Kier alpha value is -2.60. The van der Waals surface area contributed by atoms with Crippen molar-refractivity contribution in [3.05, 3.63) is 52.3 Å². The maximum absolute atomic E-state index is 13.3. The molecule has 25 heavy (non-hydrogen) atoms. The first kappa shape index (κ1) is 15.9. The molecule has 0 aliphatic carbocycles. The SMILES string of the molecule is Cc1noc(C)c1-c1cnc(Nc2ccc(F)c(Cl)c2)c2c1CCO2. The molecule has 5 nitrogen and oxygen atoms in total. The molecule has 0 radical (unpaired) electrons. The van der Waals surface area contributed by atoms with Crippen molar-refractivity contribution in [2.45, 2.75) is 20.3 Å². The molecule has 3 aromatic rings. The van der Waals surface area contributed by atoms with Crippen LogP contribution in [0, 0.1) is 19.7 Å². The number of nitrogens with one attached hydrogen (secondary N) is 1. The van der Waals surface area contributed by atoms with Gasteiger partial charge in [0.1, 0.15) is 11.6 Å². The summed E-state index contributed by atoms with van der Waals surface area (Å²) in [5, 5.41) is 7.22. The molecule has 0 unspecified atom stereocenters. The van der Waals surface area contributed by atoms with Crippen molar-refractivity contribution >= 4 is 23.1 Å². The number of fused-ring (bicyclic) bond motifs is 1. The van der Waals surface area contributed by atoms with Gasteiger partial charge in [-0.05, 0) is 32.0 Å². The van der Waals surface area contributed by atoms with Crippen LogP contribution in [-0.2, 0) is 6.42 Å². The third kappa shape index (κ3) is 2.72. The van der Waals surface area contributed by atoms with Gasteiger partial charge in [0.15, 0.2) is 11.6 Å². The average Bonchev–Trinajstić information content (AvgIpc) is 3.20. The lowest BCUT2D eigenvalue weighted by molar-refractivity contribution is 0.357. The molecule has 0 bridgehead atoms. The van der Waals surface area contributed by atoms with Gasteiger partial charge in [0.25, 0.3) is 0 Å². The van der Waals surface area contributed by atoms with E-state index in [0.29, 0.717) is 23.9 Å². The van der Waals surface area contributed by atoms with Crippen LogP contribution in [0.4, 0.5) is 15.9 Å². The van der Waals surface area contributed by atoms with E-state index in [2.05, 4.69) is 15.5 Å². The van der Waals surface area contributed by atoms with Crippen molar-refractivity contribution in [2.24, 2.45) is 0 Å². The van der Waals surface area contributed by atoms with Crippen molar-refractivity contribution < 1.29 is 13.7 Å². The van der Waals surface area contributed by atoms with Gasteiger partial charge in [-0.3, -0.25) is 0 Å². The van der Waals surface area contributed by atoms with Crippen LogP contribution in [0.3, 0.4) is 0 Å². The fourth-order valence-corrected chi connectivity index (χ4v) is 3.25. The van der Waals surface area contributed by atoms with E-state index >= 15 is 0 Å². The van der Waals surface area contributed by atoms with E-state index in [1.54, 1.807) is 12.3 Å². The van der Waals surface area contributed by atoms with Crippen LogP contribution < -0.4 is 10.1 Å². The predicted molar refractivity (Wildman–Crippen MR) is 93.1 cm³/mol. The largest absolute Gasteiger partial charge is 0.489 e. The summed E-state index contributed by atoms with van der Waals surface area (Å²) in [5.74, 6) is 1.55. The van der Waals surface area contributed by atoms with Crippen molar-refractivity contribution in [1.29, 1.82) is 0 Å². The zero-order chi connectivity index (χ0) is 17.6. The normalized spacial score (nSPS) is 12.8. The van der Waals surface area contributed by atoms with E-state index in [-0.39, 0.29) is 5.02 Å². The first-order valence-corrected chi connectivity index (χ1v) is 8.22. The molecule has 4 rings (SSSR count). The molecular weight excluding hydrogens is 345 g/mol. The molecule has 0 spiro atoms. The van der Waals surface area contributed by atoms with Gasteiger partial charge in [-0.1, -0.05) is 16.8 Å². The van der Waals surface area contributed by atoms with Gasteiger partial charge < -0.3 is 14.6 Å². The summed E-state index contributed by atoms with van der Waals surface area (Å²) in [7, 11) is 0. The Balaban J connectivity index is 1.76. The zero-order valence-electron chi connectivity index (χ0n) is 13.7.